The number of nitriles is 1. The van der Waals surface area contributed by atoms with Gasteiger partial charge in [0.2, 0.25) is 0 Å². The minimum atomic E-state index is -0.658. The Bertz CT molecular complexity index is 613. The molecule has 0 N–H and O–H groups in total. The van der Waals surface area contributed by atoms with E-state index in [-0.39, 0.29) is 5.57 Å². The number of carbonyl (C=O) groups is 1. The number of hydrogen-bond acceptors (Lipinski definition) is 6. The summed E-state index contributed by atoms with van der Waals surface area (Å²) >= 11 is 0. The molecule has 0 atom stereocenters. The summed E-state index contributed by atoms with van der Waals surface area (Å²) in [6.45, 7) is 2.27. The van der Waals surface area contributed by atoms with E-state index in [1.165, 1.54) is 7.11 Å². The van der Waals surface area contributed by atoms with E-state index in [0.29, 0.717) is 43.3 Å². The van der Waals surface area contributed by atoms with Crippen molar-refractivity contribution in [3.05, 3.63) is 35.4 Å². The summed E-state index contributed by atoms with van der Waals surface area (Å²) in [5.74, 6) is -0.0597. The van der Waals surface area contributed by atoms with E-state index in [0.717, 1.165) is 0 Å². The standard InChI is InChI=1S/C16H18N2O4/c1-20-14-6-4-3-5-12(14)15(13(11-17)16(19)21-2)18-7-9-22-10-8-18/h3-6H,7-10H2,1-2H3/b15-13-. The van der Waals surface area contributed by atoms with E-state index >= 15 is 0 Å². The molecule has 22 heavy (non-hydrogen) atoms. The van der Waals surface area contributed by atoms with Gasteiger partial charge in [-0.2, -0.15) is 5.26 Å². The highest BCUT2D eigenvalue weighted by Crippen LogP contribution is 2.31. The number of para-hydroxylation sites is 1. The van der Waals surface area contributed by atoms with Crippen molar-refractivity contribution in [3.8, 4) is 11.8 Å². The Labute approximate surface area is 129 Å². The van der Waals surface area contributed by atoms with E-state index in [1.807, 2.05) is 29.2 Å². The Kier molecular flexibility index (Phi) is 5.39. The van der Waals surface area contributed by atoms with Crippen LogP contribution in [-0.4, -0.2) is 51.4 Å². The van der Waals surface area contributed by atoms with Crippen molar-refractivity contribution in [3.63, 3.8) is 0 Å². The predicted octanol–water partition coefficient (Wildman–Crippen LogP) is 1.44. The summed E-state index contributed by atoms with van der Waals surface area (Å²) in [6, 6.07) is 9.26. The first-order valence-corrected chi connectivity index (χ1v) is 6.91. The number of esters is 1. The molecular formula is C16H18N2O4. The molecule has 1 aliphatic heterocycles. The Hall–Kier alpha value is -2.52. The van der Waals surface area contributed by atoms with Crippen molar-refractivity contribution in [2.75, 3.05) is 40.5 Å². The summed E-state index contributed by atoms with van der Waals surface area (Å²) in [6.07, 6.45) is 0. The van der Waals surface area contributed by atoms with Crippen LogP contribution in [0.15, 0.2) is 29.8 Å². The van der Waals surface area contributed by atoms with Gasteiger partial charge in [0, 0.05) is 18.7 Å². The molecule has 1 fully saturated rings. The molecule has 1 aromatic carbocycles. The second-order valence-corrected chi connectivity index (χ2v) is 4.63. The van der Waals surface area contributed by atoms with E-state index in [9.17, 15) is 10.1 Å². The number of rotatable bonds is 4. The highest BCUT2D eigenvalue weighted by Gasteiger charge is 2.26. The summed E-state index contributed by atoms with van der Waals surface area (Å²) < 4.78 is 15.5. The van der Waals surface area contributed by atoms with Crippen LogP contribution >= 0.6 is 0 Å². The lowest BCUT2D eigenvalue weighted by Gasteiger charge is -2.32. The topological polar surface area (TPSA) is 71.8 Å². The number of hydrogen-bond donors (Lipinski definition) is 0. The van der Waals surface area contributed by atoms with Gasteiger partial charge < -0.3 is 19.1 Å². The normalized spacial score (nSPS) is 15.6. The van der Waals surface area contributed by atoms with Crippen molar-refractivity contribution in [1.82, 2.24) is 4.90 Å². The number of methoxy groups -OCH3 is 2. The van der Waals surface area contributed by atoms with Crippen LogP contribution in [0.5, 0.6) is 5.75 Å². The molecule has 0 saturated carbocycles. The molecule has 0 aromatic heterocycles. The molecule has 0 amide bonds. The highest BCUT2D eigenvalue weighted by atomic mass is 16.5. The molecule has 2 rings (SSSR count). The highest BCUT2D eigenvalue weighted by molar-refractivity contribution is 6.01. The van der Waals surface area contributed by atoms with Gasteiger partial charge in [-0.3, -0.25) is 0 Å². The van der Waals surface area contributed by atoms with Crippen LogP contribution in [-0.2, 0) is 14.3 Å². The molecule has 0 bridgehead atoms. The maximum atomic E-state index is 12.0. The fourth-order valence-corrected chi connectivity index (χ4v) is 2.39. The van der Waals surface area contributed by atoms with Crippen LogP contribution < -0.4 is 4.74 Å². The van der Waals surface area contributed by atoms with E-state index in [4.69, 9.17) is 14.2 Å². The first-order chi connectivity index (χ1) is 10.7. The zero-order chi connectivity index (χ0) is 15.9. The van der Waals surface area contributed by atoms with Gasteiger partial charge in [0.25, 0.3) is 0 Å². The molecule has 1 aliphatic rings. The summed E-state index contributed by atoms with van der Waals surface area (Å²) in [5.41, 5.74) is 1.18. The maximum absolute atomic E-state index is 12.0. The van der Waals surface area contributed by atoms with E-state index in [1.54, 1.807) is 13.2 Å². The van der Waals surface area contributed by atoms with E-state index < -0.39 is 5.97 Å². The van der Waals surface area contributed by atoms with Crippen molar-refractivity contribution < 1.29 is 19.0 Å². The van der Waals surface area contributed by atoms with Crippen LogP contribution in [0, 0.1) is 11.3 Å². The van der Waals surface area contributed by atoms with Gasteiger partial charge in [-0.05, 0) is 12.1 Å². The third kappa shape index (κ3) is 3.21. The molecular weight excluding hydrogens is 284 g/mol. The maximum Gasteiger partial charge on any atom is 0.350 e. The number of ether oxygens (including phenoxy) is 3. The van der Waals surface area contributed by atoms with Crippen molar-refractivity contribution >= 4 is 11.7 Å². The van der Waals surface area contributed by atoms with Crippen LogP contribution in [0.25, 0.3) is 5.70 Å². The van der Waals surface area contributed by atoms with Gasteiger partial charge in [0.15, 0.2) is 5.57 Å². The Balaban J connectivity index is 2.61. The SMILES string of the molecule is COC(=O)/C(C#N)=C(/c1ccccc1OC)N1CCOCC1. The molecule has 116 valence electrons. The van der Waals surface area contributed by atoms with Gasteiger partial charge in [0.1, 0.15) is 11.8 Å². The molecule has 0 radical (unpaired) electrons. The molecule has 6 nitrogen and oxygen atoms in total. The molecule has 6 heteroatoms. The number of benzene rings is 1. The van der Waals surface area contributed by atoms with Gasteiger partial charge in [0.05, 0.1) is 33.1 Å². The minimum absolute atomic E-state index is 0.0334. The van der Waals surface area contributed by atoms with E-state index in [2.05, 4.69) is 0 Å². The van der Waals surface area contributed by atoms with Crippen LogP contribution in [0.3, 0.4) is 0 Å². The average molecular weight is 302 g/mol. The molecule has 1 heterocycles. The van der Waals surface area contributed by atoms with Crippen molar-refractivity contribution in [1.29, 1.82) is 5.26 Å². The second-order valence-electron chi connectivity index (χ2n) is 4.63. The first-order valence-electron chi connectivity index (χ1n) is 6.91. The monoisotopic (exact) mass is 302 g/mol. The van der Waals surface area contributed by atoms with Gasteiger partial charge in [-0.15, -0.1) is 0 Å². The Morgan fingerprint density at radius 3 is 2.55 bits per heavy atom. The first kappa shape index (κ1) is 15.9. The lowest BCUT2D eigenvalue weighted by molar-refractivity contribution is -0.135. The summed E-state index contributed by atoms with van der Waals surface area (Å²) in [7, 11) is 2.82. The number of morpholine rings is 1. The fourth-order valence-electron chi connectivity index (χ4n) is 2.39. The summed E-state index contributed by atoms with van der Waals surface area (Å²) in [5, 5.41) is 9.45. The minimum Gasteiger partial charge on any atom is -0.496 e. The number of nitrogens with zero attached hydrogens (tertiary/aromatic N) is 2. The second kappa shape index (κ2) is 7.48. The molecule has 0 spiro atoms. The lowest BCUT2D eigenvalue weighted by atomic mass is 10.0. The third-order valence-corrected chi connectivity index (χ3v) is 3.43. The van der Waals surface area contributed by atoms with Crippen LogP contribution in [0.2, 0.25) is 0 Å². The molecule has 0 unspecified atom stereocenters. The third-order valence-electron chi connectivity index (χ3n) is 3.43. The van der Waals surface area contributed by atoms with Crippen molar-refractivity contribution in [2.24, 2.45) is 0 Å². The lowest BCUT2D eigenvalue weighted by Crippen LogP contribution is -2.36. The zero-order valence-electron chi connectivity index (χ0n) is 12.7. The quantitative estimate of drug-likeness (QED) is 0.476. The smallest absolute Gasteiger partial charge is 0.350 e. The van der Waals surface area contributed by atoms with Crippen LogP contribution in [0.1, 0.15) is 5.56 Å². The molecule has 1 saturated heterocycles. The van der Waals surface area contributed by atoms with Crippen molar-refractivity contribution in [2.45, 2.75) is 0 Å². The predicted molar refractivity (Wildman–Crippen MR) is 79.9 cm³/mol. The van der Waals surface area contributed by atoms with Gasteiger partial charge >= 0.3 is 5.97 Å². The number of carbonyl (C=O) groups excluding carboxylic acids is 1. The molecule has 0 aliphatic carbocycles. The Morgan fingerprint density at radius 1 is 1.27 bits per heavy atom. The molecule has 1 aromatic rings. The fraction of sp³-hybridized carbons (Fsp3) is 0.375. The van der Waals surface area contributed by atoms with Gasteiger partial charge in [-0.1, -0.05) is 12.1 Å². The summed E-state index contributed by atoms with van der Waals surface area (Å²) in [4.78, 5) is 14.0. The van der Waals surface area contributed by atoms with Gasteiger partial charge in [-0.25, -0.2) is 4.79 Å². The zero-order valence-corrected chi connectivity index (χ0v) is 12.7. The largest absolute Gasteiger partial charge is 0.496 e. The Morgan fingerprint density at radius 2 is 1.95 bits per heavy atom. The average Bonchev–Trinajstić information content (AvgIpc) is 2.59. The van der Waals surface area contributed by atoms with Crippen LogP contribution in [0.4, 0.5) is 0 Å².